The van der Waals surface area contributed by atoms with Crippen LogP contribution in [0.5, 0.6) is 0 Å². The van der Waals surface area contributed by atoms with Crippen LogP contribution in [0, 0.1) is 10.1 Å². The molecule has 0 radical (unpaired) electrons. The minimum Gasteiger partial charge on any atom is -0.349 e. The molecule has 1 heterocycles. The summed E-state index contributed by atoms with van der Waals surface area (Å²) in [7, 11) is 0. The number of para-hydroxylation sites is 4. The fourth-order valence-corrected chi connectivity index (χ4v) is 3.04. The Morgan fingerprint density at radius 1 is 0.852 bits per heavy atom. The lowest BCUT2D eigenvalue weighted by Gasteiger charge is -2.15. The van der Waals surface area contributed by atoms with Gasteiger partial charge >= 0.3 is 0 Å². The zero-order valence-corrected chi connectivity index (χ0v) is 14.3. The minimum atomic E-state index is -0.385. The van der Waals surface area contributed by atoms with E-state index in [0.29, 0.717) is 5.69 Å². The fourth-order valence-electron chi connectivity index (χ4n) is 3.04. The van der Waals surface area contributed by atoms with Gasteiger partial charge in [-0.05, 0) is 18.2 Å². The summed E-state index contributed by atoms with van der Waals surface area (Å²) in [6.45, 7) is 0. The summed E-state index contributed by atoms with van der Waals surface area (Å²) in [5.74, 6) is 0. The van der Waals surface area contributed by atoms with Gasteiger partial charge in [0.1, 0.15) is 5.69 Å². The standard InChI is InChI=1S/C21H16N4O2/c26-25(27)21-12-6-4-10-19(21)23-18-9-3-1-7-16(18)17-8-2-5-11-20(17)24-14-13-22-15-24/h1-15,23H. The predicted octanol–water partition coefficient (Wildman–Crippen LogP) is 5.19. The Labute approximate surface area is 155 Å². The summed E-state index contributed by atoms with van der Waals surface area (Å²) in [6.07, 6.45) is 5.36. The van der Waals surface area contributed by atoms with E-state index in [-0.39, 0.29) is 10.6 Å². The number of anilines is 2. The summed E-state index contributed by atoms with van der Waals surface area (Å²) in [4.78, 5) is 15.1. The molecule has 27 heavy (non-hydrogen) atoms. The highest BCUT2D eigenvalue weighted by Gasteiger charge is 2.15. The quantitative estimate of drug-likeness (QED) is 0.394. The first-order valence-electron chi connectivity index (χ1n) is 8.41. The Morgan fingerprint density at radius 2 is 1.52 bits per heavy atom. The van der Waals surface area contributed by atoms with Crippen LogP contribution in [0.2, 0.25) is 0 Å². The Bertz CT molecular complexity index is 1090. The van der Waals surface area contributed by atoms with Crippen molar-refractivity contribution in [1.29, 1.82) is 0 Å². The topological polar surface area (TPSA) is 73.0 Å². The van der Waals surface area contributed by atoms with E-state index in [1.54, 1.807) is 30.7 Å². The maximum absolute atomic E-state index is 11.3. The second-order valence-electron chi connectivity index (χ2n) is 5.93. The summed E-state index contributed by atoms with van der Waals surface area (Å²) in [5, 5.41) is 14.6. The van der Waals surface area contributed by atoms with Gasteiger partial charge in [-0.2, -0.15) is 0 Å². The number of nitrogens with one attached hydrogen (secondary N) is 1. The maximum Gasteiger partial charge on any atom is 0.292 e. The van der Waals surface area contributed by atoms with Crippen molar-refractivity contribution in [3.8, 4) is 16.8 Å². The van der Waals surface area contributed by atoms with Gasteiger partial charge in [-0.25, -0.2) is 4.98 Å². The molecule has 4 aromatic rings. The first-order chi connectivity index (χ1) is 13.2. The normalized spacial score (nSPS) is 10.5. The molecule has 6 nitrogen and oxygen atoms in total. The van der Waals surface area contributed by atoms with Crippen molar-refractivity contribution in [3.63, 3.8) is 0 Å². The van der Waals surface area contributed by atoms with E-state index < -0.39 is 0 Å². The maximum atomic E-state index is 11.3. The van der Waals surface area contributed by atoms with Crippen molar-refractivity contribution in [1.82, 2.24) is 9.55 Å². The molecule has 0 bridgehead atoms. The van der Waals surface area contributed by atoms with Crippen molar-refractivity contribution >= 4 is 17.1 Å². The summed E-state index contributed by atoms with van der Waals surface area (Å²) in [5.41, 5.74) is 4.20. The molecule has 3 aromatic carbocycles. The average Bonchev–Trinajstić information content (AvgIpc) is 3.23. The van der Waals surface area contributed by atoms with Crippen LogP contribution in [0.1, 0.15) is 0 Å². The molecule has 0 atom stereocenters. The number of nitro groups is 1. The molecule has 0 saturated heterocycles. The number of hydrogen-bond donors (Lipinski definition) is 1. The van der Waals surface area contributed by atoms with Crippen LogP contribution in [-0.4, -0.2) is 14.5 Å². The monoisotopic (exact) mass is 356 g/mol. The van der Waals surface area contributed by atoms with Crippen molar-refractivity contribution in [3.05, 3.63) is 102 Å². The Kier molecular flexibility index (Phi) is 4.37. The number of benzene rings is 3. The lowest BCUT2D eigenvalue weighted by atomic mass is 10.0. The van der Waals surface area contributed by atoms with Crippen LogP contribution in [-0.2, 0) is 0 Å². The molecule has 1 N–H and O–H groups in total. The van der Waals surface area contributed by atoms with Crippen molar-refractivity contribution in [2.45, 2.75) is 0 Å². The lowest BCUT2D eigenvalue weighted by Crippen LogP contribution is -2.00. The number of nitrogens with zero attached hydrogens (tertiary/aromatic N) is 3. The molecule has 1 aromatic heterocycles. The highest BCUT2D eigenvalue weighted by Crippen LogP contribution is 2.36. The third-order valence-electron chi connectivity index (χ3n) is 4.27. The molecule has 0 aliphatic rings. The third-order valence-corrected chi connectivity index (χ3v) is 4.27. The van der Waals surface area contributed by atoms with E-state index in [2.05, 4.69) is 10.3 Å². The van der Waals surface area contributed by atoms with Crippen LogP contribution in [0.15, 0.2) is 91.5 Å². The van der Waals surface area contributed by atoms with Crippen LogP contribution in [0.3, 0.4) is 0 Å². The van der Waals surface area contributed by atoms with Crippen LogP contribution in [0.25, 0.3) is 16.8 Å². The van der Waals surface area contributed by atoms with E-state index in [0.717, 1.165) is 22.5 Å². The third kappa shape index (κ3) is 3.28. The largest absolute Gasteiger partial charge is 0.349 e. The van der Waals surface area contributed by atoms with E-state index in [9.17, 15) is 10.1 Å². The molecular formula is C21H16N4O2. The molecule has 4 rings (SSSR count). The van der Waals surface area contributed by atoms with E-state index in [1.165, 1.54) is 6.07 Å². The Morgan fingerprint density at radius 3 is 2.26 bits per heavy atom. The zero-order valence-electron chi connectivity index (χ0n) is 14.3. The van der Waals surface area contributed by atoms with Gasteiger partial charge in [0.2, 0.25) is 0 Å². The molecule has 0 spiro atoms. The Balaban J connectivity index is 1.82. The van der Waals surface area contributed by atoms with Gasteiger partial charge in [-0.15, -0.1) is 0 Å². The molecule has 0 saturated carbocycles. The average molecular weight is 356 g/mol. The van der Waals surface area contributed by atoms with E-state index in [1.807, 2.05) is 59.3 Å². The van der Waals surface area contributed by atoms with Gasteiger partial charge in [0.15, 0.2) is 0 Å². The highest BCUT2D eigenvalue weighted by molar-refractivity contribution is 5.86. The van der Waals surface area contributed by atoms with Gasteiger partial charge in [0.25, 0.3) is 5.69 Å². The van der Waals surface area contributed by atoms with Gasteiger partial charge in [0.05, 0.1) is 16.9 Å². The number of hydrogen-bond acceptors (Lipinski definition) is 4. The first-order valence-corrected chi connectivity index (χ1v) is 8.41. The van der Waals surface area contributed by atoms with Gasteiger partial charge < -0.3 is 9.88 Å². The highest BCUT2D eigenvalue weighted by atomic mass is 16.6. The van der Waals surface area contributed by atoms with Gasteiger partial charge in [0, 0.05) is 35.3 Å². The molecule has 0 fully saturated rings. The number of imidazole rings is 1. The molecular weight excluding hydrogens is 340 g/mol. The minimum absolute atomic E-state index is 0.0372. The number of nitro benzene ring substituents is 1. The summed E-state index contributed by atoms with van der Waals surface area (Å²) >= 11 is 0. The van der Waals surface area contributed by atoms with Crippen molar-refractivity contribution in [2.75, 3.05) is 5.32 Å². The SMILES string of the molecule is O=[N+]([O-])c1ccccc1Nc1ccccc1-c1ccccc1-n1ccnc1. The number of aromatic nitrogens is 2. The van der Waals surface area contributed by atoms with Crippen LogP contribution in [0.4, 0.5) is 17.1 Å². The molecule has 0 aliphatic heterocycles. The van der Waals surface area contributed by atoms with Crippen molar-refractivity contribution < 1.29 is 4.92 Å². The lowest BCUT2D eigenvalue weighted by molar-refractivity contribution is -0.383. The second-order valence-corrected chi connectivity index (χ2v) is 5.93. The first kappa shape index (κ1) is 16.5. The molecule has 6 heteroatoms. The van der Waals surface area contributed by atoms with E-state index >= 15 is 0 Å². The summed E-state index contributed by atoms with van der Waals surface area (Å²) < 4.78 is 1.94. The smallest absolute Gasteiger partial charge is 0.292 e. The predicted molar refractivity (Wildman–Crippen MR) is 105 cm³/mol. The zero-order chi connectivity index (χ0) is 18.6. The fraction of sp³-hybridized carbons (Fsp3) is 0. The van der Waals surface area contributed by atoms with Gasteiger partial charge in [-0.1, -0.05) is 48.5 Å². The molecule has 132 valence electrons. The van der Waals surface area contributed by atoms with Crippen LogP contribution < -0.4 is 5.32 Å². The second kappa shape index (κ2) is 7.13. The van der Waals surface area contributed by atoms with Gasteiger partial charge in [-0.3, -0.25) is 10.1 Å². The summed E-state index contributed by atoms with van der Waals surface area (Å²) in [6, 6.07) is 22.4. The molecule has 0 aliphatic carbocycles. The van der Waals surface area contributed by atoms with Crippen LogP contribution >= 0.6 is 0 Å². The number of rotatable bonds is 5. The van der Waals surface area contributed by atoms with E-state index in [4.69, 9.17) is 0 Å². The molecule has 0 amide bonds. The Hall–Kier alpha value is -3.93. The molecule has 0 unspecified atom stereocenters. The van der Waals surface area contributed by atoms with Crippen molar-refractivity contribution in [2.24, 2.45) is 0 Å².